The highest BCUT2D eigenvalue weighted by Gasteiger charge is 2.17. The second-order valence-electron chi connectivity index (χ2n) is 5.37. The van der Waals surface area contributed by atoms with Gasteiger partial charge in [-0.15, -0.1) is 0 Å². The number of halogens is 1. The smallest absolute Gasteiger partial charge is 0.258 e. The average molecular weight is 316 g/mol. The molecule has 0 radical (unpaired) electrons. The molecule has 3 rings (SSSR count). The van der Waals surface area contributed by atoms with E-state index in [9.17, 15) is 9.18 Å². The third-order valence-electron chi connectivity index (χ3n) is 3.70. The quantitative estimate of drug-likeness (QED) is 0.911. The lowest BCUT2D eigenvalue weighted by Gasteiger charge is -2.32. The average Bonchev–Trinajstić information content (AvgIpc) is 2.57. The summed E-state index contributed by atoms with van der Waals surface area (Å²) in [6, 6.07) is 1.32. The Morgan fingerprint density at radius 2 is 1.87 bits per heavy atom. The molecule has 0 unspecified atom stereocenters. The lowest BCUT2D eigenvalue weighted by molar-refractivity contribution is 0.102. The molecule has 2 aromatic rings. The van der Waals surface area contributed by atoms with Gasteiger partial charge in [-0.05, 0) is 13.1 Å². The molecule has 1 aliphatic heterocycles. The molecule has 120 valence electrons. The van der Waals surface area contributed by atoms with Gasteiger partial charge in [-0.3, -0.25) is 9.78 Å². The molecule has 0 spiro atoms. The first-order chi connectivity index (χ1) is 11.1. The van der Waals surface area contributed by atoms with Gasteiger partial charge in [0, 0.05) is 32.4 Å². The maximum absolute atomic E-state index is 13.5. The molecular formula is C15H17FN6O. The van der Waals surface area contributed by atoms with Crippen LogP contribution in [0, 0.1) is 5.82 Å². The van der Waals surface area contributed by atoms with Crippen LogP contribution in [0.2, 0.25) is 0 Å². The lowest BCUT2D eigenvalue weighted by Crippen LogP contribution is -2.45. The summed E-state index contributed by atoms with van der Waals surface area (Å²) >= 11 is 0. The van der Waals surface area contributed by atoms with E-state index in [2.05, 4.69) is 37.1 Å². The number of anilines is 2. The number of piperazine rings is 1. The van der Waals surface area contributed by atoms with Crippen molar-refractivity contribution >= 4 is 17.5 Å². The van der Waals surface area contributed by atoms with Gasteiger partial charge in [0.15, 0.2) is 5.82 Å². The molecule has 0 aromatic carbocycles. The summed E-state index contributed by atoms with van der Waals surface area (Å²) in [5.41, 5.74) is 0.354. The Morgan fingerprint density at radius 3 is 2.52 bits per heavy atom. The number of rotatable bonds is 3. The first-order valence-electron chi connectivity index (χ1n) is 7.30. The van der Waals surface area contributed by atoms with Gasteiger partial charge in [0.2, 0.25) is 5.95 Å². The molecule has 0 bridgehead atoms. The molecule has 1 saturated heterocycles. The Hall–Kier alpha value is -2.61. The SMILES string of the molecule is CN1CCN(c2ncc(NC(=O)c3ccncc3F)cn2)CC1. The Morgan fingerprint density at radius 1 is 1.17 bits per heavy atom. The van der Waals surface area contributed by atoms with Crippen molar-refractivity contribution in [2.45, 2.75) is 0 Å². The molecule has 23 heavy (non-hydrogen) atoms. The minimum Gasteiger partial charge on any atom is -0.338 e. The van der Waals surface area contributed by atoms with Crippen molar-refractivity contribution in [3.05, 3.63) is 42.2 Å². The second kappa shape index (κ2) is 6.66. The molecule has 0 aliphatic carbocycles. The molecule has 3 heterocycles. The predicted molar refractivity (Wildman–Crippen MR) is 83.9 cm³/mol. The second-order valence-corrected chi connectivity index (χ2v) is 5.37. The number of carbonyl (C=O) groups is 1. The van der Waals surface area contributed by atoms with Crippen LogP contribution in [0.15, 0.2) is 30.9 Å². The van der Waals surface area contributed by atoms with Gasteiger partial charge in [0.1, 0.15) is 0 Å². The van der Waals surface area contributed by atoms with Gasteiger partial charge in [0.25, 0.3) is 5.91 Å². The summed E-state index contributed by atoms with van der Waals surface area (Å²) in [5, 5.41) is 2.58. The van der Waals surface area contributed by atoms with Gasteiger partial charge >= 0.3 is 0 Å². The predicted octanol–water partition coefficient (Wildman–Crippen LogP) is 1.01. The van der Waals surface area contributed by atoms with Crippen LogP contribution in [0.25, 0.3) is 0 Å². The van der Waals surface area contributed by atoms with E-state index in [0.29, 0.717) is 11.6 Å². The fraction of sp³-hybridized carbons (Fsp3) is 0.333. The summed E-state index contributed by atoms with van der Waals surface area (Å²) in [6.45, 7) is 3.65. The third kappa shape index (κ3) is 3.59. The summed E-state index contributed by atoms with van der Waals surface area (Å²) in [6.07, 6.45) is 5.42. The topological polar surface area (TPSA) is 74.2 Å². The van der Waals surface area contributed by atoms with Gasteiger partial charge in [-0.1, -0.05) is 0 Å². The van der Waals surface area contributed by atoms with E-state index in [1.165, 1.54) is 24.7 Å². The highest BCUT2D eigenvalue weighted by molar-refractivity contribution is 6.04. The van der Waals surface area contributed by atoms with Crippen molar-refractivity contribution in [3.63, 3.8) is 0 Å². The summed E-state index contributed by atoms with van der Waals surface area (Å²) in [7, 11) is 2.08. The third-order valence-corrected chi connectivity index (χ3v) is 3.70. The van der Waals surface area contributed by atoms with Crippen LogP contribution in [0.4, 0.5) is 16.0 Å². The number of likely N-dealkylation sites (N-methyl/N-ethyl adjacent to an activating group) is 1. The van der Waals surface area contributed by atoms with E-state index in [0.717, 1.165) is 32.4 Å². The van der Waals surface area contributed by atoms with Crippen LogP contribution in [0.5, 0.6) is 0 Å². The van der Waals surface area contributed by atoms with Crippen LogP contribution in [0.1, 0.15) is 10.4 Å². The number of hydrogen-bond acceptors (Lipinski definition) is 6. The van der Waals surface area contributed by atoms with E-state index in [1.54, 1.807) is 0 Å². The van der Waals surface area contributed by atoms with Crippen LogP contribution < -0.4 is 10.2 Å². The molecule has 1 aliphatic rings. The normalized spacial score (nSPS) is 15.5. The van der Waals surface area contributed by atoms with Crippen LogP contribution in [-0.4, -0.2) is 59.0 Å². The number of pyridine rings is 1. The molecule has 0 saturated carbocycles. The zero-order valence-electron chi connectivity index (χ0n) is 12.7. The maximum Gasteiger partial charge on any atom is 0.258 e. The van der Waals surface area contributed by atoms with Crippen molar-refractivity contribution in [3.8, 4) is 0 Å². The van der Waals surface area contributed by atoms with Crippen molar-refractivity contribution in [2.75, 3.05) is 43.4 Å². The molecule has 1 N–H and O–H groups in total. The van der Waals surface area contributed by atoms with Crippen molar-refractivity contribution in [2.24, 2.45) is 0 Å². The number of nitrogens with zero attached hydrogens (tertiary/aromatic N) is 5. The van der Waals surface area contributed by atoms with Crippen LogP contribution >= 0.6 is 0 Å². The molecule has 1 fully saturated rings. The Kier molecular flexibility index (Phi) is 4.42. The monoisotopic (exact) mass is 316 g/mol. The van der Waals surface area contributed by atoms with E-state index < -0.39 is 11.7 Å². The first-order valence-corrected chi connectivity index (χ1v) is 7.30. The molecule has 2 aromatic heterocycles. The van der Waals surface area contributed by atoms with Crippen LogP contribution in [0.3, 0.4) is 0 Å². The molecule has 0 atom stereocenters. The van der Waals surface area contributed by atoms with E-state index in [1.807, 2.05) is 0 Å². The zero-order chi connectivity index (χ0) is 16.2. The minimum absolute atomic E-state index is 0.0665. The number of carbonyl (C=O) groups excluding carboxylic acids is 1. The highest BCUT2D eigenvalue weighted by atomic mass is 19.1. The molecular weight excluding hydrogens is 299 g/mol. The van der Waals surface area contributed by atoms with Gasteiger partial charge in [-0.2, -0.15) is 0 Å². The molecule has 7 nitrogen and oxygen atoms in total. The number of nitrogens with one attached hydrogen (secondary N) is 1. The van der Waals surface area contributed by atoms with E-state index >= 15 is 0 Å². The van der Waals surface area contributed by atoms with Gasteiger partial charge in [-0.25, -0.2) is 14.4 Å². The maximum atomic E-state index is 13.5. The number of amides is 1. The fourth-order valence-electron chi connectivity index (χ4n) is 2.31. The highest BCUT2D eigenvalue weighted by Crippen LogP contribution is 2.14. The summed E-state index contributed by atoms with van der Waals surface area (Å²) in [4.78, 5) is 28.5. The lowest BCUT2D eigenvalue weighted by atomic mass is 10.2. The summed E-state index contributed by atoms with van der Waals surface area (Å²) < 4.78 is 13.5. The summed E-state index contributed by atoms with van der Waals surface area (Å²) in [5.74, 6) is -0.591. The van der Waals surface area contributed by atoms with E-state index in [4.69, 9.17) is 0 Å². The first kappa shape index (κ1) is 15.3. The Bertz CT molecular complexity index is 685. The Balaban J connectivity index is 1.66. The van der Waals surface area contributed by atoms with Gasteiger partial charge in [0.05, 0.1) is 29.8 Å². The fourth-order valence-corrected chi connectivity index (χ4v) is 2.31. The Labute approximate surface area is 133 Å². The zero-order valence-corrected chi connectivity index (χ0v) is 12.7. The van der Waals surface area contributed by atoms with E-state index in [-0.39, 0.29) is 5.56 Å². The molecule has 8 heteroatoms. The largest absolute Gasteiger partial charge is 0.338 e. The minimum atomic E-state index is -0.667. The standard InChI is InChI=1S/C15H17FN6O/c1-21-4-6-22(7-5-21)15-18-8-11(9-19-15)20-14(23)12-2-3-17-10-13(12)16/h2-3,8-10H,4-7H2,1H3,(H,20,23). The van der Waals surface area contributed by atoms with Gasteiger partial charge < -0.3 is 15.1 Å². The van der Waals surface area contributed by atoms with Crippen LogP contribution in [-0.2, 0) is 0 Å². The van der Waals surface area contributed by atoms with Crippen molar-refractivity contribution < 1.29 is 9.18 Å². The van der Waals surface area contributed by atoms with Crippen molar-refractivity contribution in [1.82, 2.24) is 19.9 Å². The number of aromatic nitrogens is 3. The van der Waals surface area contributed by atoms with Crippen molar-refractivity contribution in [1.29, 1.82) is 0 Å². The molecule has 1 amide bonds. The number of hydrogen-bond donors (Lipinski definition) is 1.